The first kappa shape index (κ1) is 19.9. The summed E-state index contributed by atoms with van der Waals surface area (Å²) in [6.07, 6.45) is -4.92. The van der Waals surface area contributed by atoms with Crippen LogP contribution >= 0.6 is 0 Å². The van der Waals surface area contributed by atoms with E-state index in [1.165, 1.54) is 42.5 Å². The average molecular weight is 407 g/mol. The zero-order valence-electron chi connectivity index (χ0n) is 15.0. The third-order valence-corrected chi connectivity index (χ3v) is 5.32. The highest BCUT2D eigenvalue weighted by atomic mass is 32.2. The lowest BCUT2D eigenvalue weighted by molar-refractivity contribution is -0.0596. The first-order valence-electron chi connectivity index (χ1n) is 8.24. The maximum absolute atomic E-state index is 13.7. The Kier molecular flexibility index (Phi) is 5.16. The van der Waals surface area contributed by atoms with Gasteiger partial charge in [-0.2, -0.15) is 21.6 Å². The topological polar surface area (TPSA) is 55.7 Å². The molecule has 0 saturated heterocycles. The van der Waals surface area contributed by atoms with Crippen LogP contribution in [0, 0.1) is 13.8 Å². The molecule has 0 bridgehead atoms. The fourth-order valence-electron chi connectivity index (χ4n) is 2.74. The number of rotatable bonds is 4. The number of fused-ring (bicyclic) bond motifs is 1. The van der Waals surface area contributed by atoms with E-state index in [2.05, 4.69) is 9.44 Å². The van der Waals surface area contributed by atoms with Crippen LogP contribution in [0.15, 0.2) is 70.7 Å². The highest BCUT2D eigenvalue weighted by Crippen LogP contribution is 2.30. The van der Waals surface area contributed by atoms with Gasteiger partial charge in [0, 0.05) is 5.56 Å². The van der Waals surface area contributed by atoms with Gasteiger partial charge in [0.2, 0.25) is 0 Å². The molecular weight excluding hydrogens is 391 g/mol. The number of nitrogens with zero attached hydrogens (tertiary/aromatic N) is 1. The van der Waals surface area contributed by atoms with Gasteiger partial charge >= 0.3 is 16.3 Å². The van der Waals surface area contributed by atoms with E-state index in [0.29, 0.717) is 10.8 Å². The van der Waals surface area contributed by atoms with Crippen molar-refractivity contribution in [2.24, 2.45) is 5.16 Å². The highest BCUT2D eigenvalue weighted by molar-refractivity contribution is 7.86. The summed E-state index contributed by atoms with van der Waals surface area (Å²) in [7, 11) is -4.49. The highest BCUT2D eigenvalue weighted by Gasteiger charge is 2.39. The minimum Gasteiger partial charge on any atom is -0.264 e. The molecule has 0 aliphatic heterocycles. The predicted molar refractivity (Wildman–Crippen MR) is 101 cm³/mol. The molecule has 0 aliphatic carbocycles. The predicted octanol–water partition coefficient (Wildman–Crippen LogP) is 5.13. The van der Waals surface area contributed by atoms with Crippen molar-refractivity contribution in [1.82, 2.24) is 0 Å². The molecule has 0 saturated carbocycles. The van der Waals surface area contributed by atoms with Crippen LogP contribution in [0.4, 0.5) is 13.2 Å². The zero-order valence-corrected chi connectivity index (χ0v) is 15.8. The summed E-state index contributed by atoms with van der Waals surface area (Å²) in [6.45, 7) is 3.52. The lowest BCUT2D eigenvalue weighted by Crippen LogP contribution is -2.25. The Bertz CT molecular complexity index is 1150. The molecule has 3 aromatic rings. The monoisotopic (exact) mass is 407 g/mol. The molecule has 3 aromatic carbocycles. The second-order valence-electron chi connectivity index (χ2n) is 6.25. The number of hydrogen-bond donors (Lipinski definition) is 0. The van der Waals surface area contributed by atoms with E-state index in [1.807, 2.05) is 0 Å². The molecule has 28 heavy (non-hydrogen) atoms. The zero-order chi connectivity index (χ0) is 20.5. The summed E-state index contributed by atoms with van der Waals surface area (Å²) < 4.78 is 69.8. The van der Waals surface area contributed by atoms with Crippen LogP contribution in [0.25, 0.3) is 10.8 Å². The van der Waals surface area contributed by atoms with Gasteiger partial charge in [0.25, 0.3) is 0 Å². The average Bonchev–Trinajstić information content (AvgIpc) is 2.63. The molecule has 0 atom stereocenters. The fraction of sp³-hybridized carbons (Fsp3) is 0.150. The van der Waals surface area contributed by atoms with Crippen LogP contribution < -0.4 is 0 Å². The van der Waals surface area contributed by atoms with Gasteiger partial charge in [-0.25, -0.2) is 0 Å². The van der Waals surface area contributed by atoms with Gasteiger partial charge in [-0.1, -0.05) is 59.3 Å². The smallest absolute Gasteiger partial charge is 0.264 e. The molecule has 146 valence electrons. The number of benzene rings is 3. The molecule has 4 nitrogen and oxygen atoms in total. The van der Waals surface area contributed by atoms with Crippen molar-refractivity contribution in [3.05, 3.63) is 77.4 Å². The lowest BCUT2D eigenvalue weighted by atomic mass is 9.97. The number of alkyl halides is 3. The van der Waals surface area contributed by atoms with E-state index in [0.717, 1.165) is 11.1 Å². The molecular formula is C20H16F3NO3S. The number of oxime groups is 1. The van der Waals surface area contributed by atoms with Crippen LogP contribution in [0.2, 0.25) is 0 Å². The second kappa shape index (κ2) is 7.27. The van der Waals surface area contributed by atoms with E-state index in [9.17, 15) is 21.6 Å². The number of hydrogen-bond acceptors (Lipinski definition) is 4. The van der Waals surface area contributed by atoms with Crippen LogP contribution in [0.1, 0.15) is 16.7 Å². The van der Waals surface area contributed by atoms with Gasteiger partial charge in [-0.15, -0.1) is 0 Å². The van der Waals surface area contributed by atoms with Crippen molar-refractivity contribution in [3.63, 3.8) is 0 Å². The molecule has 0 unspecified atom stereocenters. The van der Waals surface area contributed by atoms with Crippen LogP contribution in [-0.2, 0) is 14.4 Å². The molecule has 0 heterocycles. The Hall–Kier alpha value is -2.87. The summed E-state index contributed by atoms with van der Waals surface area (Å²) in [5, 5.41) is 3.93. The molecule has 0 aromatic heterocycles. The molecule has 0 N–H and O–H groups in total. The summed E-state index contributed by atoms with van der Waals surface area (Å²) in [5.41, 5.74) is -0.0918. The van der Waals surface area contributed by atoms with Crippen molar-refractivity contribution in [2.45, 2.75) is 24.9 Å². The Morgan fingerprint density at radius 1 is 0.893 bits per heavy atom. The van der Waals surface area contributed by atoms with Gasteiger partial charge < -0.3 is 0 Å². The molecule has 8 heteroatoms. The SMILES string of the molecule is Cc1ccc(S(=O)(=O)O/N=C(\c2ccc(C)c3ccccc23)C(F)(F)F)cc1. The molecule has 3 rings (SSSR count). The largest absolute Gasteiger partial charge is 0.437 e. The van der Waals surface area contributed by atoms with Gasteiger partial charge in [0.1, 0.15) is 4.90 Å². The van der Waals surface area contributed by atoms with Crippen molar-refractivity contribution in [3.8, 4) is 0 Å². The Morgan fingerprint density at radius 2 is 1.50 bits per heavy atom. The Labute approximate surface area is 160 Å². The van der Waals surface area contributed by atoms with Crippen molar-refractivity contribution in [1.29, 1.82) is 0 Å². The van der Waals surface area contributed by atoms with Crippen molar-refractivity contribution in [2.75, 3.05) is 0 Å². The summed E-state index contributed by atoms with van der Waals surface area (Å²) in [4.78, 5) is -0.280. The Balaban J connectivity index is 2.10. The Morgan fingerprint density at radius 3 is 2.11 bits per heavy atom. The summed E-state index contributed by atoms with van der Waals surface area (Å²) >= 11 is 0. The van der Waals surface area contributed by atoms with Gasteiger partial charge in [-0.05, 0) is 42.3 Å². The van der Waals surface area contributed by atoms with Crippen molar-refractivity contribution >= 4 is 26.6 Å². The van der Waals surface area contributed by atoms with E-state index in [-0.39, 0.29) is 10.5 Å². The van der Waals surface area contributed by atoms with Gasteiger partial charge in [0.15, 0.2) is 5.71 Å². The molecule has 0 amide bonds. The van der Waals surface area contributed by atoms with E-state index >= 15 is 0 Å². The summed E-state index contributed by atoms with van der Waals surface area (Å²) in [6, 6.07) is 14.8. The fourth-order valence-corrected chi connectivity index (χ4v) is 3.47. The van der Waals surface area contributed by atoms with Crippen LogP contribution in [0.5, 0.6) is 0 Å². The van der Waals surface area contributed by atoms with Gasteiger partial charge in [-0.3, -0.25) is 4.28 Å². The third kappa shape index (κ3) is 4.01. The molecule has 0 radical (unpaired) electrons. The lowest BCUT2D eigenvalue weighted by Gasteiger charge is -2.14. The molecule has 0 spiro atoms. The maximum Gasteiger partial charge on any atom is 0.437 e. The van der Waals surface area contributed by atoms with Crippen LogP contribution in [0.3, 0.4) is 0 Å². The minimum atomic E-state index is -4.92. The van der Waals surface area contributed by atoms with E-state index in [4.69, 9.17) is 0 Å². The number of aryl methyl sites for hydroxylation is 2. The first-order valence-corrected chi connectivity index (χ1v) is 9.64. The standard InChI is InChI=1S/C20H16F3NO3S/c1-13-7-10-15(11-8-13)28(25,26)27-24-19(20(21,22)23)18-12-9-14(2)16-5-3-4-6-17(16)18/h3-12H,1-2H3/b24-19+. The normalized spacial score (nSPS) is 13.0. The number of halogens is 3. The van der Waals surface area contributed by atoms with E-state index in [1.54, 1.807) is 32.0 Å². The molecule has 0 fully saturated rings. The minimum absolute atomic E-state index is 0.257. The second-order valence-corrected chi connectivity index (χ2v) is 7.78. The third-order valence-electron chi connectivity index (χ3n) is 4.20. The quantitative estimate of drug-likeness (QED) is 0.445. The summed E-state index contributed by atoms with van der Waals surface area (Å²) in [5.74, 6) is 0. The molecule has 0 aliphatic rings. The van der Waals surface area contributed by atoms with Gasteiger partial charge in [0.05, 0.1) is 0 Å². The van der Waals surface area contributed by atoms with Crippen LogP contribution in [-0.4, -0.2) is 20.3 Å². The maximum atomic E-state index is 13.7. The van der Waals surface area contributed by atoms with E-state index < -0.39 is 22.0 Å². The van der Waals surface area contributed by atoms with Crippen molar-refractivity contribution < 1.29 is 25.9 Å². The first-order chi connectivity index (χ1) is 13.1.